The van der Waals surface area contributed by atoms with Gasteiger partial charge in [0.25, 0.3) is 5.91 Å². The minimum Gasteiger partial charge on any atom is -0.502 e. The fourth-order valence-electron chi connectivity index (χ4n) is 1.82. The molecule has 0 saturated carbocycles. The molecule has 0 aliphatic rings. The number of methoxy groups -OCH3 is 2. The number of ether oxygens (including phenoxy) is 2. The van der Waals surface area contributed by atoms with E-state index in [4.69, 9.17) is 9.47 Å². The number of phenols is 1. The Balaban J connectivity index is 2.30. The quantitative estimate of drug-likeness (QED) is 0.447. The van der Waals surface area contributed by atoms with Crippen LogP contribution in [-0.4, -0.2) is 40.8 Å². The molecule has 2 aromatic rings. The Morgan fingerprint density at radius 3 is 2.52 bits per heavy atom. The van der Waals surface area contributed by atoms with E-state index in [0.29, 0.717) is 15.9 Å². The number of benzene rings is 1. The van der Waals surface area contributed by atoms with Crippen molar-refractivity contribution in [3.05, 3.63) is 23.3 Å². The van der Waals surface area contributed by atoms with Gasteiger partial charge >= 0.3 is 0 Å². The number of nitriles is 1. The van der Waals surface area contributed by atoms with Gasteiger partial charge in [0.1, 0.15) is 11.6 Å². The van der Waals surface area contributed by atoms with Crippen LogP contribution in [0, 0.1) is 11.3 Å². The van der Waals surface area contributed by atoms with Crippen LogP contribution in [0.25, 0.3) is 6.08 Å². The Kier molecular flexibility index (Phi) is 6.21. The van der Waals surface area contributed by atoms with Crippen molar-refractivity contribution in [1.82, 2.24) is 9.36 Å². The topological polar surface area (TPSA) is 117 Å². The molecule has 2 rings (SSSR count). The van der Waals surface area contributed by atoms with Crippen molar-refractivity contribution in [2.24, 2.45) is 0 Å². The van der Waals surface area contributed by atoms with Crippen molar-refractivity contribution >= 4 is 40.4 Å². The van der Waals surface area contributed by atoms with Crippen LogP contribution in [-0.2, 0) is 4.79 Å². The lowest BCUT2D eigenvalue weighted by atomic mass is 10.1. The monoisotopic (exact) mass is 378 g/mol. The molecule has 25 heavy (non-hydrogen) atoms. The number of aromatic nitrogens is 2. The number of hydrogen-bond donors (Lipinski definition) is 2. The molecule has 0 saturated heterocycles. The van der Waals surface area contributed by atoms with E-state index in [2.05, 4.69) is 14.7 Å². The molecule has 1 aromatic heterocycles. The molecule has 1 aromatic carbocycles. The van der Waals surface area contributed by atoms with Gasteiger partial charge < -0.3 is 14.6 Å². The lowest BCUT2D eigenvalue weighted by molar-refractivity contribution is -0.112. The Bertz CT molecular complexity index is 832. The number of carbonyl (C=O) groups excluding carboxylic acids is 1. The molecule has 0 atom stereocenters. The third-order valence-electron chi connectivity index (χ3n) is 2.99. The zero-order chi connectivity index (χ0) is 18.4. The maximum absolute atomic E-state index is 12.2. The van der Waals surface area contributed by atoms with Gasteiger partial charge in [-0.2, -0.15) is 14.6 Å². The van der Waals surface area contributed by atoms with E-state index in [1.54, 1.807) is 0 Å². The third-order valence-corrected chi connectivity index (χ3v) is 4.28. The van der Waals surface area contributed by atoms with Crippen LogP contribution in [0.1, 0.15) is 5.56 Å². The van der Waals surface area contributed by atoms with Gasteiger partial charge in [-0.1, -0.05) is 11.8 Å². The maximum atomic E-state index is 12.2. The van der Waals surface area contributed by atoms with Crippen LogP contribution in [0.3, 0.4) is 0 Å². The number of rotatable bonds is 6. The highest BCUT2D eigenvalue weighted by atomic mass is 32.2. The van der Waals surface area contributed by atoms with Gasteiger partial charge in [-0.05, 0) is 30.0 Å². The Morgan fingerprint density at radius 1 is 1.40 bits per heavy atom. The normalized spacial score (nSPS) is 10.9. The SMILES string of the molecule is COc1cc(C=C(C#N)C(=O)Nc2nc(SC)ns2)cc(OC)c1O. The molecule has 0 radical (unpaired) electrons. The van der Waals surface area contributed by atoms with E-state index in [1.807, 2.05) is 12.3 Å². The molecule has 0 aliphatic carbocycles. The second kappa shape index (κ2) is 8.36. The average molecular weight is 378 g/mol. The maximum Gasteiger partial charge on any atom is 0.268 e. The zero-order valence-corrected chi connectivity index (χ0v) is 15.2. The summed E-state index contributed by atoms with van der Waals surface area (Å²) in [6.45, 7) is 0. The average Bonchev–Trinajstić information content (AvgIpc) is 3.07. The molecule has 0 spiro atoms. The first-order chi connectivity index (χ1) is 12.0. The lowest BCUT2D eigenvalue weighted by Gasteiger charge is -2.09. The molecule has 10 heteroatoms. The van der Waals surface area contributed by atoms with E-state index < -0.39 is 5.91 Å². The minimum absolute atomic E-state index is 0.143. The predicted octanol–water partition coefficient (Wildman–Crippen LogP) is 2.53. The first kappa shape index (κ1) is 18.6. The van der Waals surface area contributed by atoms with Gasteiger partial charge in [0.15, 0.2) is 11.5 Å². The summed E-state index contributed by atoms with van der Waals surface area (Å²) in [5.74, 6) is -0.449. The van der Waals surface area contributed by atoms with Crippen LogP contribution in [0.5, 0.6) is 17.2 Å². The second-order valence-electron chi connectivity index (χ2n) is 4.48. The Morgan fingerprint density at radius 2 is 2.04 bits per heavy atom. The van der Waals surface area contributed by atoms with E-state index in [9.17, 15) is 15.2 Å². The van der Waals surface area contributed by atoms with Crippen LogP contribution in [0.4, 0.5) is 5.13 Å². The van der Waals surface area contributed by atoms with Crippen molar-refractivity contribution in [2.45, 2.75) is 5.16 Å². The van der Waals surface area contributed by atoms with Crippen LogP contribution in [0.2, 0.25) is 0 Å². The highest BCUT2D eigenvalue weighted by Crippen LogP contribution is 2.37. The zero-order valence-electron chi connectivity index (χ0n) is 13.6. The highest BCUT2D eigenvalue weighted by molar-refractivity contribution is 7.98. The smallest absolute Gasteiger partial charge is 0.268 e. The summed E-state index contributed by atoms with van der Waals surface area (Å²) in [6, 6.07) is 4.81. The van der Waals surface area contributed by atoms with E-state index in [0.717, 1.165) is 11.5 Å². The summed E-state index contributed by atoms with van der Waals surface area (Å²) < 4.78 is 14.1. The summed E-state index contributed by atoms with van der Waals surface area (Å²) in [5, 5.41) is 22.5. The summed E-state index contributed by atoms with van der Waals surface area (Å²) in [6.07, 6.45) is 3.18. The van der Waals surface area contributed by atoms with Crippen molar-refractivity contribution in [3.8, 4) is 23.3 Å². The molecule has 0 fully saturated rings. The van der Waals surface area contributed by atoms with Crippen LogP contribution < -0.4 is 14.8 Å². The molecular weight excluding hydrogens is 364 g/mol. The number of phenolic OH excluding ortho intramolecular Hbond substituents is 1. The molecule has 130 valence electrons. The van der Waals surface area contributed by atoms with Gasteiger partial charge in [0.05, 0.1) is 14.2 Å². The fourth-order valence-corrected chi connectivity index (χ4v) is 2.94. The van der Waals surface area contributed by atoms with E-state index in [1.165, 1.54) is 44.2 Å². The molecule has 2 N–H and O–H groups in total. The largest absolute Gasteiger partial charge is 0.502 e. The number of nitrogens with zero attached hydrogens (tertiary/aromatic N) is 3. The Labute approximate surface area is 152 Å². The number of aromatic hydroxyl groups is 1. The standard InChI is InChI=1S/C15H14N4O4S2/c1-22-10-5-8(6-11(23-2)12(10)20)4-9(7-16)13(21)17-14-18-15(24-3)19-25-14/h4-6,20H,1-3H3,(H,17,18,19,21). The van der Waals surface area contributed by atoms with E-state index in [-0.39, 0.29) is 22.8 Å². The van der Waals surface area contributed by atoms with Crippen molar-refractivity contribution in [2.75, 3.05) is 25.8 Å². The van der Waals surface area contributed by atoms with Gasteiger partial charge in [0.2, 0.25) is 16.0 Å². The summed E-state index contributed by atoms with van der Waals surface area (Å²) in [4.78, 5) is 16.3. The number of hydrogen-bond acceptors (Lipinski definition) is 9. The molecular formula is C15H14N4O4S2. The molecule has 0 aliphatic heterocycles. The van der Waals surface area contributed by atoms with Gasteiger partial charge in [-0.3, -0.25) is 10.1 Å². The van der Waals surface area contributed by atoms with Crippen LogP contribution in [0.15, 0.2) is 22.9 Å². The number of amides is 1. The lowest BCUT2D eigenvalue weighted by Crippen LogP contribution is -2.13. The number of thioether (sulfide) groups is 1. The second-order valence-corrected chi connectivity index (χ2v) is 6.01. The number of carbonyl (C=O) groups is 1. The molecule has 1 amide bonds. The van der Waals surface area contributed by atoms with Gasteiger partial charge in [-0.15, -0.1) is 0 Å². The first-order valence-corrected chi connectivity index (χ1v) is 8.78. The molecule has 8 nitrogen and oxygen atoms in total. The third kappa shape index (κ3) is 4.40. The summed E-state index contributed by atoms with van der Waals surface area (Å²) in [5.41, 5.74) is 0.316. The van der Waals surface area contributed by atoms with E-state index >= 15 is 0 Å². The van der Waals surface area contributed by atoms with Gasteiger partial charge in [-0.25, -0.2) is 0 Å². The Hall–Kier alpha value is -2.77. The molecule has 1 heterocycles. The predicted molar refractivity (Wildman–Crippen MR) is 95.1 cm³/mol. The minimum atomic E-state index is -0.614. The first-order valence-electron chi connectivity index (χ1n) is 6.78. The fraction of sp³-hybridized carbons (Fsp3) is 0.200. The van der Waals surface area contributed by atoms with Crippen molar-refractivity contribution in [1.29, 1.82) is 5.26 Å². The highest BCUT2D eigenvalue weighted by Gasteiger charge is 2.15. The summed E-state index contributed by atoms with van der Waals surface area (Å²) >= 11 is 2.38. The van der Waals surface area contributed by atoms with Crippen LogP contribution >= 0.6 is 23.3 Å². The summed E-state index contributed by atoms with van der Waals surface area (Å²) in [7, 11) is 2.78. The number of anilines is 1. The molecule has 0 bridgehead atoms. The number of nitrogens with one attached hydrogen (secondary N) is 1. The molecule has 0 unspecified atom stereocenters. The van der Waals surface area contributed by atoms with Crippen molar-refractivity contribution < 1.29 is 19.4 Å². The van der Waals surface area contributed by atoms with Crippen molar-refractivity contribution in [3.63, 3.8) is 0 Å². The van der Waals surface area contributed by atoms with Gasteiger partial charge in [0, 0.05) is 11.5 Å².